The molecule has 0 bridgehead atoms. The Bertz CT molecular complexity index is 392. The average molecular weight is 279 g/mol. The summed E-state index contributed by atoms with van der Waals surface area (Å²) in [5.41, 5.74) is 1.27. The van der Waals surface area contributed by atoms with Gasteiger partial charge in [0.1, 0.15) is 0 Å². The zero-order chi connectivity index (χ0) is 13.1. The SMILES string of the molecule is CCc1nc(CN2CCC(CNC3CC3)CC2)cs1. The highest BCUT2D eigenvalue weighted by molar-refractivity contribution is 7.09. The van der Waals surface area contributed by atoms with Crippen molar-refractivity contribution >= 4 is 11.3 Å². The number of aromatic nitrogens is 1. The van der Waals surface area contributed by atoms with Gasteiger partial charge in [-0.15, -0.1) is 11.3 Å². The third kappa shape index (κ3) is 4.01. The molecule has 1 saturated carbocycles. The molecule has 1 saturated heterocycles. The highest BCUT2D eigenvalue weighted by atomic mass is 32.1. The van der Waals surface area contributed by atoms with Gasteiger partial charge in [0.25, 0.3) is 0 Å². The van der Waals surface area contributed by atoms with Crippen molar-refractivity contribution in [2.45, 2.75) is 51.6 Å². The molecule has 1 N–H and O–H groups in total. The predicted molar refractivity (Wildman–Crippen MR) is 80.5 cm³/mol. The van der Waals surface area contributed by atoms with Crippen molar-refractivity contribution in [3.8, 4) is 0 Å². The molecule has 2 fully saturated rings. The molecule has 0 atom stereocenters. The van der Waals surface area contributed by atoms with E-state index in [1.165, 1.54) is 56.0 Å². The second kappa shape index (κ2) is 6.33. The molecule has 0 unspecified atom stereocenters. The maximum atomic E-state index is 4.67. The summed E-state index contributed by atoms with van der Waals surface area (Å²) in [7, 11) is 0. The van der Waals surface area contributed by atoms with E-state index in [1.54, 1.807) is 0 Å². The first-order valence-electron chi connectivity index (χ1n) is 7.72. The van der Waals surface area contributed by atoms with Gasteiger partial charge in [0, 0.05) is 18.0 Å². The molecule has 1 aliphatic heterocycles. The van der Waals surface area contributed by atoms with E-state index in [1.807, 2.05) is 11.3 Å². The fourth-order valence-corrected chi connectivity index (χ4v) is 3.52. The van der Waals surface area contributed by atoms with Gasteiger partial charge in [-0.2, -0.15) is 0 Å². The summed E-state index contributed by atoms with van der Waals surface area (Å²) in [5.74, 6) is 0.901. The number of rotatable bonds is 6. The van der Waals surface area contributed by atoms with Crippen molar-refractivity contribution in [3.05, 3.63) is 16.1 Å². The maximum Gasteiger partial charge on any atom is 0.0926 e. The fourth-order valence-electron chi connectivity index (χ4n) is 2.78. The van der Waals surface area contributed by atoms with Crippen LogP contribution in [0, 0.1) is 5.92 Å². The van der Waals surface area contributed by atoms with Crippen LogP contribution in [-0.2, 0) is 13.0 Å². The minimum atomic E-state index is 0.862. The summed E-state index contributed by atoms with van der Waals surface area (Å²) in [4.78, 5) is 7.25. The van der Waals surface area contributed by atoms with Crippen molar-refractivity contribution in [2.75, 3.05) is 19.6 Å². The Morgan fingerprint density at radius 1 is 1.32 bits per heavy atom. The molecular formula is C15H25N3S. The number of hydrogen-bond donors (Lipinski definition) is 1. The number of hydrogen-bond acceptors (Lipinski definition) is 4. The molecular weight excluding hydrogens is 254 g/mol. The van der Waals surface area contributed by atoms with Crippen LogP contribution in [0.1, 0.15) is 43.3 Å². The molecule has 0 amide bonds. The highest BCUT2D eigenvalue weighted by Crippen LogP contribution is 2.22. The first-order chi connectivity index (χ1) is 9.33. The third-order valence-corrected chi connectivity index (χ3v) is 5.31. The summed E-state index contributed by atoms with van der Waals surface area (Å²) >= 11 is 1.81. The van der Waals surface area contributed by atoms with Gasteiger partial charge in [-0.05, 0) is 57.7 Å². The molecule has 1 aromatic rings. The Morgan fingerprint density at radius 3 is 2.74 bits per heavy atom. The summed E-state index contributed by atoms with van der Waals surface area (Å²) in [5, 5.41) is 7.18. The molecule has 1 aliphatic carbocycles. The van der Waals surface area contributed by atoms with Crippen LogP contribution < -0.4 is 5.32 Å². The normalized spacial score (nSPS) is 21.9. The van der Waals surface area contributed by atoms with Crippen LogP contribution in [0.2, 0.25) is 0 Å². The third-order valence-electron chi connectivity index (χ3n) is 4.27. The largest absolute Gasteiger partial charge is 0.314 e. The maximum absolute atomic E-state index is 4.67. The van der Waals surface area contributed by atoms with E-state index < -0.39 is 0 Å². The van der Waals surface area contributed by atoms with E-state index in [0.717, 1.165) is 24.9 Å². The number of likely N-dealkylation sites (tertiary alicyclic amines) is 1. The van der Waals surface area contributed by atoms with Crippen molar-refractivity contribution in [3.63, 3.8) is 0 Å². The molecule has 3 rings (SSSR count). The minimum Gasteiger partial charge on any atom is -0.314 e. The topological polar surface area (TPSA) is 28.2 Å². The van der Waals surface area contributed by atoms with Crippen molar-refractivity contribution in [1.82, 2.24) is 15.2 Å². The number of nitrogens with zero attached hydrogens (tertiary/aromatic N) is 2. The lowest BCUT2D eigenvalue weighted by molar-refractivity contribution is 0.174. The molecule has 0 spiro atoms. The van der Waals surface area contributed by atoms with Crippen molar-refractivity contribution in [2.24, 2.45) is 5.92 Å². The summed E-state index contributed by atoms with van der Waals surface area (Å²) < 4.78 is 0. The van der Waals surface area contributed by atoms with Gasteiger partial charge >= 0.3 is 0 Å². The van der Waals surface area contributed by atoms with Gasteiger partial charge in [0.05, 0.1) is 10.7 Å². The molecule has 0 aromatic carbocycles. The fraction of sp³-hybridized carbons (Fsp3) is 0.800. The van der Waals surface area contributed by atoms with Gasteiger partial charge < -0.3 is 5.32 Å². The highest BCUT2D eigenvalue weighted by Gasteiger charge is 2.24. The van der Waals surface area contributed by atoms with E-state index in [2.05, 4.69) is 27.5 Å². The van der Waals surface area contributed by atoms with Gasteiger partial charge in [-0.1, -0.05) is 6.92 Å². The van der Waals surface area contributed by atoms with Crippen LogP contribution in [0.25, 0.3) is 0 Å². The Balaban J connectivity index is 1.39. The monoisotopic (exact) mass is 279 g/mol. The van der Waals surface area contributed by atoms with Crippen molar-refractivity contribution in [1.29, 1.82) is 0 Å². The van der Waals surface area contributed by atoms with Crippen LogP contribution in [0.3, 0.4) is 0 Å². The zero-order valence-corrected chi connectivity index (χ0v) is 12.7. The first kappa shape index (κ1) is 13.5. The van der Waals surface area contributed by atoms with E-state index in [0.29, 0.717) is 0 Å². The molecule has 4 heteroatoms. The molecule has 19 heavy (non-hydrogen) atoms. The van der Waals surface area contributed by atoms with Gasteiger partial charge in [-0.25, -0.2) is 4.98 Å². The minimum absolute atomic E-state index is 0.862. The number of nitrogens with one attached hydrogen (secondary N) is 1. The van der Waals surface area contributed by atoms with Crippen LogP contribution in [0.5, 0.6) is 0 Å². The lowest BCUT2D eigenvalue weighted by atomic mass is 9.96. The molecule has 106 valence electrons. The Hall–Kier alpha value is -0.450. The number of aryl methyl sites for hydroxylation is 1. The van der Waals surface area contributed by atoms with Crippen LogP contribution in [0.15, 0.2) is 5.38 Å². The quantitative estimate of drug-likeness (QED) is 0.868. The number of piperidine rings is 1. The van der Waals surface area contributed by atoms with Gasteiger partial charge in [0.2, 0.25) is 0 Å². The van der Waals surface area contributed by atoms with E-state index in [9.17, 15) is 0 Å². The van der Waals surface area contributed by atoms with Crippen molar-refractivity contribution < 1.29 is 0 Å². The van der Waals surface area contributed by atoms with E-state index in [4.69, 9.17) is 0 Å². The molecule has 3 nitrogen and oxygen atoms in total. The lowest BCUT2D eigenvalue weighted by Crippen LogP contribution is -2.37. The number of thiazole rings is 1. The predicted octanol–water partition coefficient (Wildman–Crippen LogP) is 2.67. The Morgan fingerprint density at radius 2 is 2.11 bits per heavy atom. The van der Waals surface area contributed by atoms with Crippen LogP contribution in [0.4, 0.5) is 0 Å². The van der Waals surface area contributed by atoms with E-state index >= 15 is 0 Å². The summed E-state index contributed by atoms with van der Waals surface area (Å²) in [6.07, 6.45) is 6.58. The standard InChI is InChI=1S/C15H25N3S/c1-2-15-17-14(11-19-15)10-18-7-5-12(6-8-18)9-16-13-3-4-13/h11-13,16H,2-10H2,1H3. The lowest BCUT2D eigenvalue weighted by Gasteiger charge is -2.31. The summed E-state index contributed by atoms with van der Waals surface area (Å²) in [6.45, 7) is 6.97. The Labute approximate surface area is 120 Å². The first-order valence-corrected chi connectivity index (χ1v) is 8.60. The summed E-state index contributed by atoms with van der Waals surface area (Å²) in [6, 6.07) is 0.862. The molecule has 2 heterocycles. The second-order valence-corrected chi connectivity index (χ2v) is 6.93. The Kier molecular flexibility index (Phi) is 4.51. The smallest absolute Gasteiger partial charge is 0.0926 e. The van der Waals surface area contributed by atoms with Gasteiger partial charge in [-0.3, -0.25) is 4.90 Å². The molecule has 0 radical (unpaired) electrons. The van der Waals surface area contributed by atoms with Crippen LogP contribution in [-0.4, -0.2) is 35.6 Å². The molecule has 2 aliphatic rings. The van der Waals surface area contributed by atoms with Crippen LogP contribution >= 0.6 is 11.3 Å². The second-order valence-electron chi connectivity index (χ2n) is 5.99. The average Bonchev–Trinajstić information content (AvgIpc) is 3.17. The van der Waals surface area contributed by atoms with E-state index in [-0.39, 0.29) is 0 Å². The molecule has 1 aromatic heterocycles. The zero-order valence-electron chi connectivity index (χ0n) is 11.9. The van der Waals surface area contributed by atoms with Gasteiger partial charge in [0.15, 0.2) is 0 Å².